The van der Waals surface area contributed by atoms with Crippen molar-refractivity contribution in [1.82, 2.24) is 9.97 Å². The van der Waals surface area contributed by atoms with Crippen molar-refractivity contribution in [3.8, 4) is 17.0 Å². The zero-order valence-electron chi connectivity index (χ0n) is 16.8. The third-order valence-electron chi connectivity index (χ3n) is 5.47. The minimum Gasteiger partial charge on any atom is -0.472 e. The topological polar surface area (TPSA) is 58.5 Å². The second kappa shape index (κ2) is 9.05. The number of nitrogens with zero attached hydrogens (tertiary/aromatic N) is 3. The highest BCUT2D eigenvalue weighted by Crippen LogP contribution is 2.30. The SMILES string of the molecule is Cc1ccc(-c2ccc(N3CCC(CO)CC3)nc2)c(OCc2ccccc2)n1. The van der Waals surface area contributed by atoms with Gasteiger partial charge in [-0.15, -0.1) is 0 Å². The van der Waals surface area contributed by atoms with Crippen LogP contribution in [0.25, 0.3) is 11.1 Å². The molecule has 1 N–H and O–H groups in total. The Labute approximate surface area is 172 Å². The molecule has 0 spiro atoms. The lowest BCUT2D eigenvalue weighted by Crippen LogP contribution is -2.35. The van der Waals surface area contributed by atoms with E-state index in [1.165, 1.54) is 0 Å². The number of ether oxygens (including phenoxy) is 1. The van der Waals surface area contributed by atoms with Crippen LogP contribution >= 0.6 is 0 Å². The van der Waals surface area contributed by atoms with Crippen molar-refractivity contribution in [3.05, 3.63) is 72.1 Å². The first-order valence-electron chi connectivity index (χ1n) is 10.2. The molecule has 4 rings (SSSR count). The highest BCUT2D eigenvalue weighted by Gasteiger charge is 2.19. The number of rotatable bonds is 6. The van der Waals surface area contributed by atoms with Gasteiger partial charge in [-0.05, 0) is 55.5 Å². The Morgan fingerprint density at radius 2 is 1.83 bits per heavy atom. The Hall–Kier alpha value is -2.92. The fourth-order valence-corrected chi connectivity index (χ4v) is 3.67. The smallest absolute Gasteiger partial charge is 0.221 e. The van der Waals surface area contributed by atoms with E-state index in [4.69, 9.17) is 9.72 Å². The van der Waals surface area contributed by atoms with Crippen molar-refractivity contribution < 1.29 is 9.84 Å². The van der Waals surface area contributed by atoms with Crippen LogP contribution in [0.4, 0.5) is 5.82 Å². The van der Waals surface area contributed by atoms with E-state index in [0.717, 1.165) is 54.1 Å². The van der Waals surface area contributed by atoms with Crippen molar-refractivity contribution in [1.29, 1.82) is 0 Å². The number of hydrogen-bond donors (Lipinski definition) is 1. The predicted octanol–water partition coefficient (Wildman–Crippen LogP) is 4.24. The second-order valence-corrected chi connectivity index (χ2v) is 7.60. The van der Waals surface area contributed by atoms with Gasteiger partial charge in [0.1, 0.15) is 12.4 Å². The largest absolute Gasteiger partial charge is 0.472 e. The van der Waals surface area contributed by atoms with Gasteiger partial charge in [0.2, 0.25) is 5.88 Å². The average Bonchev–Trinajstić information content (AvgIpc) is 2.79. The molecule has 0 aliphatic carbocycles. The second-order valence-electron chi connectivity index (χ2n) is 7.60. The first-order valence-corrected chi connectivity index (χ1v) is 10.2. The number of aliphatic hydroxyl groups excluding tert-OH is 1. The van der Waals surface area contributed by atoms with Gasteiger partial charge in [-0.2, -0.15) is 0 Å². The quantitative estimate of drug-likeness (QED) is 0.683. The van der Waals surface area contributed by atoms with Crippen molar-refractivity contribution in [2.75, 3.05) is 24.6 Å². The van der Waals surface area contributed by atoms with E-state index >= 15 is 0 Å². The number of piperidine rings is 1. The average molecular weight is 389 g/mol. The molecular formula is C24H27N3O2. The summed E-state index contributed by atoms with van der Waals surface area (Å²) in [6, 6.07) is 18.3. The van der Waals surface area contributed by atoms with Crippen LogP contribution in [0.3, 0.4) is 0 Å². The van der Waals surface area contributed by atoms with E-state index in [0.29, 0.717) is 18.4 Å². The highest BCUT2D eigenvalue weighted by molar-refractivity contribution is 5.69. The minimum atomic E-state index is 0.284. The molecule has 0 unspecified atom stereocenters. The summed E-state index contributed by atoms with van der Waals surface area (Å²) in [7, 11) is 0. The van der Waals surface area contributed by atoms with Crippen molar-refractivity contribution >= 4 is 5.82 Å². The summed E-state index contributed by atoms with van der Waals surface area (Å²) >= 11 is 0. The standard InChI is InChI=1S/C24H27N3O2/c1-18-7-9-22(24(26-18)29-17-20-5-3-2-4-6-20)21-8-10-23(25-15-21)27-13-11-19(16-28)12-14-27/h2-10,15,19,28H,11-14,16-17H2,1H3. The summed E-state index contributed by atoms with van der Waals surface area (Å²) in [4.78, 5) is 11.6. The van der Waals surface area contributed by atoms with Crippen LogP contribution in [0.1, 0.15) is 24.1 Å². The normalized spacial score (nSPS) is 14.8. The van der Waals surface area contributed by atoms with Gasteiger partial charge in [-0.3, -0.25) is 0 Å². The third kappa shape index (κ3) is 4.74. The summed E-state index contributed by atoms with van der Waals surface area (Å²) in [5.74, 6) is 2.04. The van der Waals surface area contributed by atoms with Crippen molar-refractivity contribution in [3.63, 3.8) is 0 Å². The van der Waals surface area contributed by atoms with Gasteiger partial charge in [-0.1, -0.05) is 30.3 Å². The molecule has 0 amide bonds. The maximum absolute atomic E-state index is 9.32. The molecule has 1 aromatic carbocycles. The lowest BCUT2D eigenvalue weighted by atomic mass is 9.98. The Morgan fingerprint density at radius 1 is 1.03 bits per heavy atom. The van der Waals surface area contributed by atoms with Crippen LogP contribution in [0.15, 0.2) is 60.8 Å². The number of aliphatic hydroxyl groups is 1. The van der Waals surface area contributed by atoms with Gasteiger partial charge in [0.15, 0.2) is 0 Å². The zero-order valence-corrected chi connectivity index (χ0v) is 16.8. The number of pyridine rings is 2. The maximum atomic E-state index is 9.32. The third-order valence-corrected chi connectivity index (χ3v) is 5.47. The van der Waals surface area contributed by atoms with E-state index in [9.17, 15) is 5.11 Å². The van der Waals surface area contributed by atoms with Crippen LogP contribution in [0.5, 0.6) is 5.88 Å². The summed E-state index contributed by atoms with van der Waals surface area (Å²) in [5, 5.41) is 9.32. The highest BCUT2D eigenvalue weighted by atomic mass is 16.5. The molecule has 5 nitrogen and oxygen atoms in total. The van der Waals surface area contributed by atoms with Crippen LogP contribution < -0.4 is 9.64 Å². The van der Waals surface area contributed by atoms with Crippen LogP contribution in [-0.2, 0) is 6.61 Å². The predicted molar refractivity (Wildman–Crippen MR) is 115 cm³/mol. The Morgan fingerprint density at radius 3 is 2.52 bits per heavy atom. The van der Waals surface area contributed by atoms with Gasteiger partial charge in [-0.25, -0.2) is 9.97 Å². The molecule has 0 atom stereocenters. The summed E-state index contributed by atoms with van der Waals surface area (Å²) in [5.41, 5.74) is 3.98. The Bertz CT molecular complexity index is 921. The monoisotopic (exact) mass is 389 g/mol. The molecule has 0 saturated carbocycles. The molecule has 29 heavy (non-hydrogen) atoms. The van der Waals surface area contributed by atoms with Gasteiger partial charge in [0.05, 0.1) is 0 Å². The maximum Gasteiger partial charge on any atom is 0.221 e. The molecule has 150 valence electrons. The fourth-order valence-electron chi connectivity index (χ4n) is 3.67. The number of benzene rings is 1. The first-order chi connectivity index (χ1) is 14.2. The molecule has 0 bridgehead atoms. The van der Waals surface area contributed by atoms with Gasteiger partial charge in [0, 0.05) is 42.7 Å². The molecule has 1 aliphatic heterocycles. The van der Waals surface area contributed by atoms with Crippen molar-refractivity contribution in [2.24, 2.45) is 5.92 Å². The van der Waals surface area contributed by atoms with Gasteiger partial charge < -0.3 is 14.7 Å². The van der Waals surface area contributed by atoms with Gasteiger partial charge in [0.25, 0.3) is 0 Å². The van der Waals surface area contributed by atoms with E-state index in [-0.39, 0.29) is 6.61 Å². The molecule has 1 saturated heterocycles. The molecule has 2 aromatic heterocycles. The zero-order chi connectivity index (χ0) is 20.1. The number of hydrogen-bond acceptors (Lipinski definition) is 5. The minimum absolute atomic E-state index is 0.284. The first kappa shape index (κ1) is 19.4. The molecule has 3 heterocycles. The van der Waals surface area contributed by atoms with Crippen LogP contribution in [0, 0.1) is 12.8 Å². The van der Waals surface area contributed by atoms with E-state index < -0.39 is 0 Å². The number of aryl methyl sites for hydroxylation is 1. The molecule has 5 heteroatoms. The number of aromatic nitrogens is 2. The fraction of sp³-hybridized carbons (Fsp3) is 0.333. The lowest BCUT2D eigenvalue weighted by molar-refractivity contribution is 0.203. The Balaban J connectivity index is 1.50. The summed E-state index contributed by atoms with van der Waals surface area (Å²) in [6.45, 7) is 4.61. The van der Waals surface area contributed by atoms with Crippen LogP contribution in [-0.4, -0.2) is 34.8 Å². The van der Waals surface area contributed by atoms with Crippen molar-refractivity contribution in [2.45, 2.75) is 26.4 Å². The molecule has 3 aromatic rings. The lowest BCUT2D eigenvalue weighted by Gasteiger charge is -2.32. The molecule has 1 aliphatic rings. The summed E-state index contributed by atoms with van der Waals surface area (Å²) < 4.78 is 6.06. The number of anilines is 1. The van der Waals surface area contributed by atoms with E-state index in [1.54, 1.807) is 0 Å². The Kier molecular flexibility index (Phi) is 6.06. The van der Waals surface area contributed by atoms with Gasteiger partial charge >= 0.3 is 0 Å². The van der Waals surface area contributed by atoms with Crippen LogP contribution in [0.2, 0.25) is 0 Å². The molecule has 1 fully saturated rings. The molecular weight excluding hydrogens is 362 g/mol. The summed E-state index contributed by atoms with van der Waals surface area (Å²) in [6.07, 6.45) is 3.92. The van der Waals surface area contributed by atoms with E-state index in [1.807, 2.05) is 55.6 Å². The van der Waals surface area contributed by atoms with E-state index in [2.05, 4.69) is 22.0 Å². The molecule has 0 radical (unpaired) electrons.